The Labute approximate surface area is 181 Å². The molecule has 31 heavy (non-hydrogen) atoms. The van der Waals surface area contributed by atoms with Crippen LogP contribution >= 0.6 is 0 Å². The summed E-state index contributed by atoms with van der Waals surface area (Å²) < 4.78 is 10.5. The number of rotatable bonds is 7. The second kappa shape index (κ2) is 10.5. The third-order valence-electron chi connectivity index (χ3n) is 4.09. The van der Waals surface area contributed by atoms with Crippen molar-refractivity contribution in [2.24, 2.45) is 0 Å². The quantitative estimate of drug-likeness (QED) is 0.584. The van der Waals surface area contributed by atoms with Gasteiger partial charge in [0.2, 0.25) is 5.91 Å². The second-order valence-electron chi connectivity index (χ2n) is 7.99. The van der Waals surface area contributed by atoms with E-state index in [2.05, 4.69) is 10.6 Å². The van der Waals surface area contributed by atoms with E-state index in [1.807, 2.05) is 30.3 Å². The number of hydrogen-bond donors (Lipinski definition) is 3. The lowest BCUT2D eigenvalue weighted by Gasteiger charge is -2.24. The molecule has 0 radical (unpaired) electrons. The molecule has 0 fully saturated rings. The Hall–Kier alpha value is -3.55. The zero-order valence-electron chi connectivity index (χ0n) is 18.0. The van der Waals surface area contributed by atoms with Crippen molar-refractivity contribution in [3.63, 3.8) is 0 Å². The number of phenolic OH excluding ortho intramolecular Hbond substituents is 1. The minimum atomic E-state index is -1.14. The molecule has 2 amide bonds. The van der Waals surface area contributed by atoms with Crippen LogP contribution in [0.4, 0.5) is 4.79 Å². The minimum Gasteiger partial charge on any atom is -0.508 e. The van der Waals surface area contributed by atoms with Crippen LogP contribution in [0.1, 0.15) is 44.9 Å². The Bertz CT molecular complexity index is 891. The summed E-state index contributed by atoms with van der Waals surface area (Å²) in [7, 11) is 0. The number of ether oxygens (including phenoxy) is 2. The van der Waals surface area contributed by atoms with Gasteiger partial charge in [0.15, 0.2) is 0 Å². The molecule has 2 aromatic carbocycles. The Morgan fingerprint density at radius 2 is 1.58 bits per heavy atom. The van der Waals surface area contributed by atoms with E-state index >= 15 is 0 Å². The summed E-state index contributed by atoms with van der Waals surface area (Å²) in [5.74, 6) is -1.22. The van der Waals surface area contributed by atoms with Gasteiger partial charge < -0.3 is 25.2 Å². The molecule has 2 atom stereocenters. The van der Waals surface area contributed by atoms with Gasteiger partial charge in [0.05, 0.1) is 0 Å². The molecule has 2 rings (SSSR count). The highest BCUT2D eigenvalue weighted by atomic mass is 16.6. The Kier molecular flexibility index (Phi) is 8.01. The fourth-order valence-corrected chi connectivity index (χ4v) is 2.60. The summed E-state index contributed by atoms with van der Waals surface area (Å²) in [6.07, 6.45) is -0.792. The van der Waals surface area contributed by atoms with Crippen molar-refractivity contribution in [3.05, 3.63) is 65.7 Å². The SMILES string of the molecule is CC(NC(=O)C(NC(=O)OC(C)(C)C)c1ccc(O)cc1)C(=O)OCc1ccccc1. The predicted molar refractivity (Wildman–Crippen MR) is 114 cm³/mol. The summed E-state index contributed by atoms with van der Waals surface area (Å²) in [6.45, 7) is 6.68. The fourth-order valence-electron chi connectivity index (χ4n) is 2.60. The largest absolute Gasteiger partial charge is 0.508 e. The van der Waals surface area contributed by atoms with Crippen molar-refractivity contribution >= 4 is 18.0 Å². The number of carbonyl (C=O) groups excluding carboxylic acids is 3. The fraction of sp³-hybridized carbons (Fsp3) is 0.348. The lowest BCUT2D eigenvalue weighted by molar-refractivity contribution is -0.148. The molecule has 0 aliphatic rings. The lowest BCUT2D eigenvalue weighted by Crippen LogP contribution is -2.47. The Morgan fingerprint density at radius 3 is 2.16 bits per heavy atom. The molecule has 8 nitrogen and oxygen atoms in total. The van der Waals surface area contributed by atoms with Gasteiger partial charge in [-0.2, -0.15) is 0 Å². The molecule has 0 saturated carbocycles. The molecule has 0 bridgehead atoms. The highest BCUT2D eigenvalue weighted by molar-refractivity contribution is 5.90. The van der Waals surface area contributed by atoms with Crippen LogP contribution in [0.2, 0.25) is 0 Å². The van der Waals surface area contributed by atoms with Gasteiger partial charge in [-0.3, -0.25) is 4.79 Å². The third-order valence-corrected chi connectivity index (χ3v) is 4.09. The molecule has 2 aromatic rings. The van der Waals surface area contributed by atoms with Gasteiger partial charge in [-0.1, -0.05) is 42.5 Å². The summed E-state index contributed by atoms with van der Waals surface area (Å²) >= 11 is 0. The van der Waals surface area contributed by atoms with Crippen LogP contribution in [0.5, 0.6) is 5.75 Å². The molecule has 3 N–H and O–H groups in total. The average Bonchev–Trinajstić information content (AvgIpc) is 2.70. The molecule has 0 aliphatic heterocycles. The molecule has 0 spiro atoms. The highest BCUT2D eigenvalue weighted by Gasteiger charge is 2.28. The van der Waals surface area contributed by atoms with Crippen molar-refractivity contribution in [1.82, 2.24) is 10.6 Å². The van der Waals surface area contributed by atoms with E-state index < -0.39 is 35.7 Å². The van der Waals surface area contributed by atoms with E-state index in [9.17, 15) is 19.5 Å². The summed E-state index contributed by atoms with van der Waals surface area (Å²) in [4.78, 5) is 37.4. The topological polar surface area (TPSA) is 114 Å². The van der Waals surface area contributed by atoms with E-state index in [4.69, 9.17) is 9.47 Å². The van der Waals surface area contributed by atoms with Crippen molar-refractivity contribution in [2.75, 3.05) is 0 Å². The first-order chi connectivity index (χ1) is 14.5. The summed E-state index contributed by atoms with van der Waals surface area (Å²) in [5.41, 5.74) is 0.475. The van der Waals surface area contributed by atoms with Crippen molar-refractivity contribution in [3.8, 4) is 5.75 Å². The number of esters is 1. The van der Waals surface area contributed by atoms with Crippen LogP contribution in [-0.4, -0.2) is 34.7 Å². The highest BCUT2D eigenvalue weighted by Crippen LogP contribution is 2.19. The van der Waals surface area contributed by atoms with Crippen LogP contribution in [-0.2, 0) is 25.7 Å². The number of benzene rings is 2. The second-order valence-corrected chi connectivity index (χ2v) is 7.99. The number of alkyl carbamates (subject to hydrolysis) is 1. The molecule has 8 heteroatoms. The summed E-state index contributed by atoms with van der Waals surface area (Å²) in [5, 5.41) is 14.6. The minimum absolute atomic E-state index is 0.0121. The molecule has 0 heterocycles. The van der Waals surface area contributed by atoms with Gasteiger partial charge in [0.1, 0.15) is 30.0 Å². The molecular weight excluding hydrogens is 400 g/mol. The number of carbonyl (C=O) groups is 3. The van der Waals surface area contributed by atoms with Crippen LogP contribution in [0, 0.1) is 0 Å². The van der Waals surface area contributed by atoms with E-state index in [0.717, 1.165) is 5.56 Å². The maximum atomic E-state index is 12.9. The van der Waals surface area contributed by atoms with Crippen LogP contribution in [0.15, 0.2) is 54.6 Å². The third kappa shape index (κ3) is 8.00. The summed E-state index contributed by atoms with van der Waals surface area (Å²) in [6, 6.07) is 12.9. The van der Waals surface area contributed by atoms with Crippen LogP contribution in [0.3, 0.4) is 0 Å². The van der Waals surface area contributed by atoms with E-state index in [0.29, 0.717) is 5.56 Å². The lowest BCUT2D eigenvalue weighted by atomic mass is 10.1. The van der Waals surface area contributed by atoms with Gasteiger partial charge in [-0.25, -0.2) is 9.59 Å². The van der Waals surface area contributed by atoms with Crippen molar-refractivity contribution in [1.29, 1.82) is 0 Å². The Balaban J connectivity index is 2.05. The van der Waals surface area contributed by atoms with Crippen molar-refractivity contribution < 1.29 is 29.0 Å². The predicted octanol–water partition coefficient (Wildman–Crippen LogP) is 3.21. The number of hydrogen-bond acceptors (Lipinski definition) is 6. The van der Waals surface area contributed by atoms with E-state index in [1.165, 1.54) is 31.2 Å². The van der Waals surface area contributed by atoms with E-state index in [1.54, 1.807) is 20.8 Å². The molecule has 0 saturated heterocycles. The van der Waals surface area contributed by atoms with Gasteiger partial charge in [0.25, 0.3) is 0 Å². The molecule has 0 aliphatic carbocycles. The Morgan fingerprint density at radius 1 is 0.968 bits per heavy atom. The maximum absolute atomic E-state index is 12.9. The molecule has 2 unspecified atom stereocenters. The average molecular weight is 428 g/mol. The smallest absolute Gasteiger partial charge is 0.408 e. The standard InChI is InChI=1S/C23H28N2O6/c1-15(21(28)30-14-16-8-6-5-7-9-16)24-20(27)19(17-10-12-18(26)13-11-17)25-22(29)31-23(2,3)4/h5-13,15,19,26H,14H2,1-4H3,(H,24,27)(H,25,29). The first-order valence-electron chi connectivity index (χ1n) is 9.84. The number of amides is 2. The van der Waals surface area contributed by atoms with Crippen molar-refractivity contribution in [2.45, 2.75) is 52.0 Å². The van der Waals surface area contributed by atoms with Crippen LogP contribution < -0.4 is 10.6 Å². The van der Waals surface area contributed by atoms with Gasteiger partial charge >= 0.3 is 12.1 Å². The van der Waals surface area contributed by atoms with Gasteiger partial charge in [-0.05, 0) is 51.0 Å². The van der Waals surface area contributed by atoms with Gasteiger partial charge in [0, 0.05) is 0 Å². The first kappa shape index (κ1) is 23.7. The molecule has 0 aromatic heterocycles. The normalized spacial score (nSPS) is 12.9. The van der Waals surface area contributed by atoms with Crippen LogP contribution in [0.25, 0.3) is 0 Å². The molecule has 166 valence electrons. The maximum Gasteiger partial charge on any atom is 0.408 e. The number of nitrogens with one attached hydrogen (secondary N) is 2. The first-order valence-corrected chi connectivity index (χ1v) is 9.84. The van der Waals surface area contributed by atoms with E-state index in [-0.39, 0.29) is 12.4 Å². The number of aromatic hydroxyl groups is 1. The molecular formula is C23H28N2O6. The zero-order chi connectivity index (χ0) is 23.0. The van der Waals surface area contributed by atoms with Gasteiger partial charge in [-0.15, -0.1) is 0 Å². The zero-order valence-corrected chi connectivity index (χ0v) is 18.0. The number of phenols is 1. The monoisotopic (exact) mass is 428 g/mol.